The van der Waals surface area contributed by atoms with Crippen LogP contribution in [0.3, 0.4) is 0 Å². The van der Waals surface area contributed by atoms with E-state index in [4.69, 9.17) is 0 Å². The summed E-state index contributed by atoms with van der Waals surface area (Å²) < 4.78 is 26.6. The van der Waals surface area contributed by atoms with Crippen LogP contribution in [0.5, 0.6) is 0 Å². The summed E-state index contributed by atoms with van der Waals surface area (Å²) in [6.45, 7) is 2.42. The molecular weight excluding hydrogens is 370 g/mol. The van der Waals surface area contributed by atoms with E-state index in [0.29, 0.717) is 5.56 Å². The van der Waals surface area contributed by atoms with Gasteiger partial charge in [0.05, 0.1) is 9.82 Å². The van der Waals surface area contributed by atoms with Crippen molar-refractivity contribution in [2.75, 3.05) is 26.2 Å². The van der Waals surface area contributed by atoms with Crippen molar-refractivity contribution >= 4 is 21.6 Å². The van der Waals surface area contributed by atoms with Crippen LogP contribution in [-0.2, 0) is 10.0 Å². The van der Waals surface area contributed by atoms with Crippen molar-refractivity contribution in [2.24, 2.45) is 0 Å². The third-order valence-electron chi connectivity index (χ3n) is 4.56. The first-order valence-corrected chi connectivity index (χ1v) is 9.84. The highest BCUT2D eigenvalue weighted by atomic mass is 32.2. The summed E-state index contributed by atoms with van der Waals surface area (Å²) in [6, 6.07) is 12.5. The van der Waals surface area contributed by atoms with Crippen LogP contribution in [0.25, 0.3) is 0 Å². The van der Waals surface area contributed by atoms with Crippen LogP contribution in [0.15, 0.2) is 53.4 Å². The number of aryl methyl sites for hydroxylation is 1. The van der Waals surface area contributed by atoms with Crippen LogP contribution in [0.4, 0.5) is 5.69 Å². The van der Waals surface area contributed by atoms with E-state index in [0.717, 1.165) is 0 Å². The molecule has 142 valence electrons. The van der Waals surface area contributed by atoms with Crippen molar-refractivity contribution in [1.29, 1.82) is 0 Å². The Morgan fingerprint density at radius 3 is 2.26 bits per heavy atom. The van der Waals surface area contributed by atoms with Gasteiger partial charge < -0.3 is 4.90 Å². The summed E-state index contributed by atoms with van der Waals surface area (Å²) in [5.41, 5.74) is 0.605. The standard InChI is InChI=1S/C18H19N3O5S/c1-14-7-8-15(13-17(14)21(23)24)18(22)19-9-11-20(12-10-19)27(25,26)16-5-3-2-4-6-16/h2-8,13H,9-12H2,1H3. The molecule has 1 amide bonds. The lowest BCUT2D eigenvalue weighted by molar-refractivity contribution is -0.385. The number of carbonyl (C=O) groups excluding carboxylic acids is 1. The number of nitro benzene ring substituents is 1. The van der Waals surface area contributed by atoms with Crippen molar-refractivity contribution in [1.82, 2.24) is 9.21 Å². The maximum Gasteiger partial charge on any atom is 0.273 e. The highest BCUT2D eigenvalue weighted by Gasteiger charge is 2.30. The zero-order valence-electron chi connectivity index (χ0n) is 14.7. The summed E-state index contributed by atoms with van der Waals surface area (Å²) in [7, 11) is -3.59. The van der Waals surface area contributed by atoms with E-state index in [9.17, 15) is 23.3 Å². The summed E-state index contributed by atoms with van der Waals surface area (Å²) in [5, 5.41) is 11.1. The quantitative estimate of drug-likeness (QED) is 0.588. The van der Waals surface area contributed by atoms with E-state index < -0.39 is 14.9 Å². The lowest BCUT2D eigenvalue weighted by Crippen LogP contribution is -2.50. The molecule has 1 aliphatic rings. The Balaban J connectivity index is 1.72. The smallest absolute Gasteiger partial charge is 0.273 e. The van der Waals surface area contributed by atoms with Gasteiger partial charge in [-0.05, 0) is 25.1 Å². The predicted molar refractivity (Wildman–Crippen MR) is 98.9 cm³/mol. The first-order chi connectivity index (χ1) is 12.8. The van der Waals surface area contributed by atoms with Crippen molar-refractivity contribution in [2.45, 2.75) is 11.8 Å². The van der Waals surface area contributed by atoms with Crippen molar-refractivity contribution in [3.8, 4) is 0 Å². The van der Waals surface area contributed by atoms with Crippen LogP contribution < -0.4 is 0 Å². The molecule has 0 bridgehead atoms. The molecule has 0 aliphatic carbocycles. The molecule has 27 heavy (non-hydrogen) atoms. The van der Waals surface area contributed by atoms with Gasteiger partial charge in [0.15, 0.2) is 0 Å². The number of hydrogen-bond acceptors (Lipinski definition) is 5. The topological polar surface area (TPSA) is 101 Å². The number of amides is 1. The zero-order chi connectivity index (χ0) is 19.6. The summed E-state index contributed by atoms with van der Waals surface area (Å²) in [6.07, 6.45) is 0. The molecule has 0 aromatic heterocycles. The van der Waals surface area contributed by atoms with Gasteiger partial charge in [0, 0.05) is 43.4 Å². The Kier molecular flexibility index (Phi) is 5.24. The fourth-order valence-electron chi connectivity index (χ4n) is 2.99. The van der Waals surface area contributed by atoms with Gasteiger partial charge in [-0.25, -0.2) is 8.42 Å². The third kappa shape index (κ3) is 3.83. The number of sulfonamides is 1. The number of rotatable bonds is 4. The highest BCUT2D eigenvalue weighted by Crippen LogP contribution is 2.22. The highest BCUT2D eigenvalue weighted by molar-refractivity contribution is 7.89. The molecule has 8 nitrogen and oxygen atoms in total. The summed E-state index contributed by atoms with van der Waals surface area (Å²) >= 11 is 0. The normalized spacial score (nSPS) is 15.5. The summed E-state index contributed by atoms with van der Waals surface area (Å²) in [5.74, 6) is -0.338. The van der Waals surface area contributed by atoms with E-state index in [1.54, 1.807) is 37.3 Å². The van der Waals surface area contributed by atoms with Gasteiger partial charge in [0.25, 0.3) is 11.6 Å². The largest absolute Gasteiger partial charge is 0.336 e. The van der Waals surface area contributed by atoms with Gasteiger partial charge in [-0.1, -0.05) is 24.3 Å². The van der Waals surface area contributed by atoms with E-state index >= 15 is 0 Å². The molecule has 2 aromatic carbocycles. The molecule has 1 aliphatic heterocycles. The predicted octanol–water partition coefficient (Wildman–Crippen LogP) is 2.05. The minimum atomic E-state index is -3.59. The minimum absolute atomic E-state index is 0.105. The third-order valence-corrected chi connectivity index (χ3v) is 6.47. The molecule has 2 aromatic rings. The zero-order valence-corrected chi connectivity index (χ0v) is 15.6. The molecule has 1 heterocycles. The first-order valence-electron chi connectivity index (χ1n) is 8.40. The molecule has 0 saturated carbocycles. The number of nitro groups is 1. The van der Waals surface area contributed by atoms with Crippen LogP contribution >= 0.6 is 0 Å². The molecule has 0 atom stereocenters. The van der Waals surface area contributed by atoms with Gasteiger partial charge in [-0.3, -0.25) is 14.9 Å². The van der Waals surface area contributed by atoms with Crippen molar-refractivity contribution in [3.05, 3.63) is 69.8 Å². The van der Waals surface area contributed by atoms with E-state index in [1.807, 2.05) is 0 Å². The lowest BCUT2D eigenvalue weighted by atomic mass is 10.1. The maximum absolute atomic E-state index is 12.6. The average Bonchev–Trinajstić information content (AvgIpc) is 2.68. The van der Waals surface area contributed by atoms with E-state index in [-0.39, 0.29) is 48.2 Å². The molecule has 1 saturated heterocycles. The minimum Gasteiger partial charge on any atom is -0.336 e. The fraction of sp³-hybridized carbons (Fsp3) is 0.278. The van der Waals surface area contributed by atoms with Crippen molar-refractivity contribution < 1.29 is 18.1 Å². The molecule has 9 heteroatoms. The first kappa shape index (κ1) is 19.0. The van der Waals surface area contributed by atoms with Gasteiger partial charge in [0.1, 0.15) is 0 Å². The molecule has 1 fully saturated rings. The lowest BCUT2D eigenvalue weighted by Gasteiger charge is -2.34. The molecule has 0 spiro atoms. The van der Waals surface area contributed by atoms with Crippen LogP contribution in [0.2, 0.25) is 0 Å². The monoisotopic (exact) mass is 389 g/mol. The SMILES string of the molecule is Cc1ccc(C(=O)N2CCN(S(=O)(=O)c3ccccc3)CC2)cc1[N+](=O)[O-]. The van der Waals surface area contributed by atoms with Crippen LogP contribution in [0.1, 0.15) is 15.9 Å². The second-order valence-corrected chi connectivity index (χ2v) is 8.21. The van der Waals surface area contributed by atoms with Crippen molar-refractivity contribution in [3.63, 3.8) is 0 Å². The second-order valence-electron chi connectivity index (χ2n) is 6.27. The molecular formula is C18H19N3O5S. The number of hydrogen-bond donors (Lipinski definition) is 0. The molecule has 0 N–H and O–H groups in total. The Morgan fingerprint density at radius 2 is 1.67 bits per heavy atom. The number of nitrogens with zero attached hydrogens (tertiary/aromatic N) is 3. The Labute approximate surface area is 157 Å². The Morgan fingerprint density at radius 1 is 1.04 bits per heavy atom. The Bertz CT molecular complexity index is 968. The van der Waals surface area contributed by atoms with E-state index in [2.05, 4.69) is 0 Å². The van der Waals surface area contributed by atoms with Crippen LogP contribution in [0, 0.1) is 17.0 Å². The maximum atomic E-state index is 12.6. The fourth-order valence-corrected chi connectivity index (χ4v) is 4.44. The second kappa shape index (κ2) is 7.45. The number of benzene rings is 2. The van der Waals surface area contributed by atoms with Crippen LogP contribution in [-0.4, -0.2) is 54.6 Å². The summed E-state index contributed by atoms with van der Waals surface area (Å²) in [4.78, 5) is 24.9. The number of carbonyl (C=O) groups is 1. The number of piperazine rings is 1. The van der Waals surface area contributed by atoms with Gasteiger partial charge >= 0.3 is 0 Å². The molecule has 3 rings (SSSR count). The van der Waals surface area contributed by atoms with Gasteiger partial charge in [-0.15, -0.1) is 0 Å². The van der Waals surface area contributed by atoms with E-state index in [1.165, 1.54) is 27.4 Å². The van der Waals surface area contributed by atoms with Gasteiger partial charge in [-0.2, -0.15) is 4.31 Å². The Hall–Kier alpha value is -2.78. The van der Waals surface area contributed by atoms with Gasteiger partial charge in [0.2, 0.25) is 10.0 Å². The average molecular weight is 389 g/mol. The molecule has 0 radical (unpaired) electrons. The molecule has 0 unspecified atom stereocenters.